The fourth-order valence-electron chi connectivity index (χ4n) is 1.67. The molecule has 4 heteroatoms. The first kappa shape index (κ1) is 19.8. The summed E-state index contributed by atoms with van der Waals surface area (Å²) in [5, 5.41) is 0. The molecule has 0 aromatic heterocycles. The number of ether oxygens (including phenoxy) is 4. The Morgan fingerprint density at radius 1 is 0.600 bits per heavy atom. The van der Waals surface area contributed by atoms with Gasteiger partial charge in [0.05, 0.1) is 44.2 Å². The molecule has 0 radical (unpaired) electrons. The van der Waals surface area contributed by atoms with E-state index in [-0.39, 0.29) is 24.4 Å². The van der Waals surface area contributed by atoms with Gasteiger partial charge in [0.15, 0.2) is 0 Å². The van der Waals surface area contributed by atoms with E-state index in [1.165, 1.54) is 0 Å². The summed E-state index contributed by atoms with van der Waals surface area (Å²) in [7, 11) is 0. The lowest BCUT2D eigenvalue weighted by atomic mass is 10.2. The molecule has 0 bridgehead atoms. The lowest BCUT2D eigenvalue weighted by Gasteiger charge is -2.21. The normalized spacial score (nSPS) is 16.6. The Morgan fingerprint density at radius 3 is 1.60 bits per heavy atom. The van der Waals surface area contributed by atoms with E-state index in [2.05, 4.69) is 13.8 Å². The van der Waals surface area contributed by atoms with Crippen LogP contribution in [0.2, 0.25) is 0 Å². The van der Waals surface area contributed by atoms with E-state index in [0.29, 0.717) is 25.7 Å². The second-order valence-electron chi connectivity index (χ2n) is 6.21. The topological polar surface area (TPSA) is 36.9 Å². The molecule has 4 nitrogen and oxygen atoms in total. The van der Waals surface area contributed by atoms with Gasteiger partial charge >= 0.3 is 0 Å². The van der Waals surface area contributed by atoms with E-state index in [1.807, 2.05) is 34.6 Å². The van der Waals surface area contributed by atoms with Gasteiger partial charge in [-0.2, -0.15) is 0 Å². The van der Waals surface area contributed by atoms with E-state index < -0.39 is 0 Å². The molecular weight excluding hydrogens is 256 g/mol. The van der Waals surface area contributed by atoms with Crippen LogP contribution in [0.5, 0.6) is 0 Å². The Balaban J connectivity index is 3.58. The zero-order chi connectivity index (χ0) is 15.5. The molecule has 0 fully saturated rings. The van der Waals surface area contributed by atoms with Crippen LogP contribution in [0, 0.1) is 5.92 Å². The molecule has 0 aliphatic carbocycles. The molecule has 122 valence electrons. The SMILES string of the molecule is CC(C)COCC(C)OCC(C)OCC(C)OC(C)C. The van der Waals surface area contributed by atoms with Crippen molar-refractivity contribution >= 4 is 0 Å². The van der Waals surface area contributed by atoms with Gasteiger partial charge in [0.25, 0.3) is 0 Å². The Bertz CT molecular complexity index is 219. The number of rotatable bonds is 12. The van der Waals surface area contributed by atoms with Crippen LogP contribution in [0.25, 0.3) is 0 Å². The minimum absolute atomic E-state index is 0.0701. The van der Waals surface area contributed by atoms with Crippen molar-refractivity contribution in [2.75, 3.05) is 26.4 Å². The van der Waals surface area contributed by atoms with Crippen molar-refractivity contribution in [3.8, 4) is 0 Å². The first-order valence-electron chi connectivity index (χ1n) is 7.77. The Labute approximate surface area is 125 Å². The zero-order valence-corrected chi connectivity index (χ0v) is 14.3. The van der Waals surface area contributed by atoms with Gasteiger partial charge < -0.3 is 18.9 Å². The Kier molecular flexibility index (Phi) is 11.4. The lowest BCUT2D eigenvalue weighted by molar-refractivity contribution is -0.0889. The van der Waals surface area contributed by atoms with Crippen LogP contribution in [0.1, 0.15) is 48.5 Å². The van der Waals surface area contributed by atoms with Gasteiger partial charge in [-0.15, -0.1) is 0 Å². The van der Waals surface area contributed by atoms with E-state index in [4.69, 9.17) is 18.9 Å². The average Bonchev–Trinajstić information content (AvgIpc) is 2.32. The van der Waals surface area contributed by atoms with Gasteiger partial charge in [0.2, 0.25) is 0 Å². The molecule has 0 aliphatic rings. The van der Waals surface area contributed by atoms with Crippen LogP contribution >= 0.6 is 0 Å². The molecule has 0 saturated heterocycles. The van der Waals surface area contributed by atoms with Crippen LogP contribution in [0.3, 0.4) is 0 Å². The van der Waals surface area contributed by atoms with Crippen molar-refractivity contribution in [1.82, 2.24) is 0 Å². The van der Waals surface area contributed by atoms with Gasteiger partial charge in [0.1, 0.15) is 0 Å². The predicted molar refractivity (Wildman–Crippen MR) is 82.2 cm³/mol. The summed E-state index contributed by atoms with van der Waals surface area (Å²) in [5.41, 5.74) is 0. The van der Waals surface area contributed by atoms with Crippen molar-refractivity contribution in [2.45, 2.75) is 72.9 Å². The van der Waals surface area contributed by atoms with Crippen molar-refractivity contribution in [3.05, 3.63) is 0 Å². The molecule has 0 aromatic carbocycles. The average molecular weight is 290 g/mol. The molecule has 0 heterocycles. The van der Waals surface area contributed by atoms with Crippen molar-refractivity contribution in [2.24, 2.45) is 5.92 Å². The highest BCUT2D eigenvalue weighted by Gasteiger charge is 2.11. The fourth-order valence-corrected chi connectivity index (χ4v) is 1.67. The molecule has 0 N–H and O–H groups in total. The summed E-state index contributed by atoms with van der Waals surface area (Å²) in [6.07, 6.45) is 0.521. The molecule has 0 saturated carbocycles. The fraction of sp³-hybridized carbons (Fsp3) is 1.00. The van der Waals surface area contributed by atoms with Gasteiger partial charge in [-0.05, 0) is 40.5 Å². The Morgan fingerprint density at radius 2 is 1.10 bits per heavy atom. The quantitative estimate of drug-likeness (QED) is 0.553. The van der Waals surface area contributed by atoms with Crippen LogP contribution in [-0.4, -0.2) is 50.8 Å². The summed E-state index contributed by atoms with van der Waals surface area (Å²) in [5.74, 6) is 0.562. The second kappa shape index (κ2) is 11.5. The van der Waals surface area contributed by atoms with Crippen molar-refractivity contribution in [3.63, 3.8) is 0 Å². The van der Waals surface area contributed by atoms with Gasteiger partial charge in [-0.3, -0.25) is 0 Å². The van der Waals surface area contributed by atoms with Gasteiger partial charge in [0, 0.05) is 6.61 Å². The third kappa shape index (κ3) is 12.9. The Hall–Kier alpha value is -0.160. The minimum atomic E-state index is 0.0701. The molecule has 0 aromatic rings. The summed E-state index contributed by atoms with van der Waals surface area (Å²) in [4.78, 5) is 0. The maximum absolute atomic E-state index is 5.71. The molecule has 0 aliphatic heterocycles. The smallest absolute Gasteiger partial charge is 0.0784 e. The van der Waals surface area contributed by atoms with E-state index in [1.54, 1.807) is 0 Å². The standard InChI is InChI=1S/C16H34O4/c1-12(2)8-17-9-14(5)18-10-15(6)19-11-16(7)20-13(3)4/h12-16H,8-11H2,1-7H3. The molecule has 0 spiro atoms. The maximum Gasteiger partial charge on any atom is 0.0784 e. The third-order valence-corrected chi connectivity index (χ3v) is 2.54. The summed E-state index contributed by atoms with van der Waals surface area (Å²) < 4.78 is 22.6. The van der Waals surface area contributed by atoms with Crippen LogP contribution in [0.4, 0.5) is 0 Å². The zero-order valence-electron chi connectivity index (χ0n) is 14.3. The molecule has 0 amide bonds. The molecule has 0 rings (SSSR count). The minimum Gasteiger partial charge on any atom is -0.379 e. The largest absolute Gasteiger partial charge is 0.379 e. The lowest BCUT2D eigenvalue weighted by Crippen LogP contribution is -2.27. The van der Waals surface area contributed by atoms with Crippen molar-refractivity contribution in [1.29, 1.82) is 0 Å². The third-order valence-electron chi connectivity index (χ3n) is 2.54. The van der Waals surface area contributed by atoms with Crippen LogP contribution < -0.4 is 0 Å². The van der Waals surface area contributed by atoms with Gasteiger partial charge in [-0.25, -0.2) is 0 Å². The number of hydrogen-bond acceptors (Lipinski definition) is 4. The molecular formula is C16H34O4. The van der Waals surface area contributed by atoms with E-state index in [9.17, 15) is 0 Å². The molecule has 3 atom stereocenters. The second-order valence-corrected chi connectivity index (χ2v) is 6.21. The highest BCUT2D eigenvalue weighted by molar-refractivity contribution is 4.56. The first-order chi connectivity index (χ1) is 9.31. The highest BCUT2D eigenvalue weighted by Crippen LogP contribution is 2.03. The number of hydrogen-bond donors (Lipinski definition) is 0. The maximum atomic E-state index is 5.71. The van der Waals surface area contributed by atoms with Crippen LogP contribution in [-0.2, 0) is 18.9 Å². The monoisotopic (exact) mass is 290 g/mol. The van der Waals surface area contributed by atoms with Gasteiger partial charge in [-0.1, -0.05) is 13.8 Å². The van der Waals surface area contributed by atoms with E-state index >= 15 is 0 Å². The van der Waals surface area contributed by atoms with Crippen molar-refractivity contribution < 1.29 is 18.9 Å². The highest BCUT2D eigenvalue weighted by atomic mass is 16.6. The summed E-state index contributed by atoms with van der Waals surface area (Å²) in [6, 6.07) is 0. The van der Waals surface area contributed by atoms with E-state index in [0.717, 1.165) is 6.61 Å². The first-order valence-corrected chi connectivity index (χ1v) is 7.77. The predicted octanol–water partition coefficient (Wildman–Crippen LogP) is 3.28. The molecule has 3 unspecified atom stereocenters. The summed E-state index contributed by atoms with van der Waals surface area (Å²) in [6.45, 7) is 17.0. The molecule has 20 heavy (non-hydrogen) atoms. The summed E-state index contributed by atoms with van der Waals surface area (Å²) >= 11 is 0. The van der Waals surface area contributed by atoms with Crippen LogP contribution in [0.15, 0.2) is 0 Å².